The maximum atomic E-state index is 13.7. The molecule has 0 radical (unpaired) electrons. The van der Waals surface area contributed by atoms with E-state index in [2.05, 4.69) is 5.32 Å². The van der Waals surface area contributed by atoms with Crippen LogP contribution in [-0.2, 0) is 14.4 Å². The zero-order chi connectivity index (χ0) is 26.7. The summed E-state index contributed by atoms with van der Waals surface area (Å²) in [5, 5.41) is 4.52. The lowest BCUT2D eigenvalue weighted by molar-refractivity contribution is -0.270. The number of carbonyl (C=O) groups excluding carboxylic acids is 4. The highest BCUT2D eigenvalue weighted by Crippen LogP contribution is 2.37. The summed E-state index contributed by atoms with van der Waals surface area (Å²) in [7, 11) is 0. The number of furan rings is 1. The summed E-state index contributed by atoms with van der Waals surface area (Å²) in [5.74, 6) is -12.0. The van der Waals surface area contributed by atoms with Gasteiger partial charge in [0.05, 0.1) is 12.3 Å². The van der Waals surface area contributed by atoms with E-state index >= 15 is 0 Å². The number of alkyl halides is 5. The highest BCUT2D eigenvalue weighted by molar-refractivity contribution is 5.98. The van der Waals surface area contributed by atoms with Crippen molar-refractivity contribution in [3.63, 3.8) is 0 Å². The fourth-order valence-corrected chi connectivity index (χ4v) is 3.73. The predicted octanol–water partition coefficient (Wildman–Crippen LogP) is 2.93. The molecular formula is C22H28F5N3O5. The van der Waals surface area contributed by atoms with Crippen LogP contribution in [0.1, 0.15) is 51.1 Å². The summed E-state index contributed by atoms with van der Waals surface area (Å²) in [4.78, 5) is 51.6. The van der Waals surface area contributed by atoms with Crippen LogP contribution in [0, 0.1) is 11.8 Å². The Kier molecular flexibility index (Phi) is 8.66. The van der Waals surface area contributed by atoms with Gasteiger partial charge in [-0.15, -0.1) is 0 Å². The molecule has 1 aliphatic rings. The number of likely N-dealkylation sites (tertiary alicyclic amines) is 1. The van der Waals surface area contributed by atoms with Gasteiger partial charge in [-0.25, -0.2) is 0 Å². The second kappa shape index (κ2) is 10.7. The first-order valence-corrected chi connectivity index (χ1v) is 11.0. The largest absolute Gasteiger partial charge is 0.461 e. The Morgan fingerprint density at radius 1 is 1.00 bits per heavy atom. The first kappa shape index (κ1) is 28.2. The molecule has 0 aliphatic carbocycles. The van der Waals surface area contributed by atoms with Crippen molar-refractivity contribution in [3.05, 3.63) is 24.2 Å². The van der Waals surface area contributed by atoms with Crippen molar-refractivity contribution >= 4 is 23.5 Å². The van der Waals surface area contributed by atoms with Gasteiger partial charge in [0.1, 0.15) is 12.1 Å². The van der Waals surface area contributed by atoms with Crippen molar-refractivity contribution in [1.82, 2.24) is 15.5 Å². The molecule has 2 rings (SSSR count). The summed E-state index contributed by atoms with van der Waals surface area (Å²) in [6.07, 6.45) is -4.40. The second-order valence-corrected chi connectivity index (χ2v) is 9.03. The number of carbonyl (C=O) groups is 4. The van der Waals surface area contributed by atoms with E-state index in [1.165, 1.54) is 32.2 Å². The Bertz CT molecular complexity index is 930. The third-order valence-electron chi connectivity index (χ3n) is 5.72. The van der Waals surface area contributed by atoms with Gasteiger partial charge in [-0.3, -0.25) is 19.2 Å². The molecule has 2 heterocycles. The zero-order valence-corrected chi connectivity index (χ0v) is 19.6. The lowest BCUT2D eigenvalue weighted by Gasteiger charge is -2.32. The number of amides is 3. The van der Waals surface area contributed by atoms with Gasteiger partial charge in [-0.05, 0) is 36.8 Å². The molecule has 3 amide bonds. The maximum absolute atomic E-state index is 13.7. The molecule has 1 fully saturated rings. The molecule has 196 valence electrons. The molecular weight excluding hydrogens is 481 g/mol. The molecule has 0 spiro atoms. The van der Waals surface area contributed by atoms with Crippen molar-refractivity contribution in [2.75, 3.05) is 6.54 Å². The minimum atomic E-state index is -6.12. The van der Waals surface area contributed by atoms with Crippen molar-refractivity contribution in [2.24, 2.45) is 11.8 Å². The molecule has 1 aliphatic heterocycles. The Balaban J connectivity index is 2.20. The Hall–Kier alpha value is -2.99. The normalized spacial score (nSPS) is 18.5. The number of rotatable bonds is 9. The third kappa shape index (κ3) is 6.17. The highest BCUT2D eigenvalue weighted by Gasteiger charge is 2.64. The minimum absolute atomic E-state index is 0.0388. The number of hydrogen-bond acceptors (Lipinski definition) is 5. The average Bonchev–Trinajstić information content (AvgIpc) is 3.45. The summed E-state index contributed by atoms with van der Waals surface area (Å²) >= 11 is 0. The molecule has 3 atom stereocenters. The molecule has 8 nitrogen and oxygen atoms in total. The molecule has 13 heteroatoms. The van der Waals surface area contributed by atoms with Crippen LogP contribution in [0.25, 0.3) is 0 Å². The molecule has 35 heavy (non-hydrogen) atoms. The molecule has 1 saturated heterocycles. The van der Waals surface area contributed by atoms with Crippen molar-refractivity contribution in [3.8, 4) is 0 Å². The van der Waals surface area contributed by atoms with E-state index in [1.807, 2.05) is 5.32 Å². The Morgan fingerprint density at radius 2 is 1.60 bits per heavy atom. The van der Waals surface area contributed by atoms with Gasteiger partial charge in [-0.1, -0.05) is 27.7 Å². The van der Waals surface area contributed by atoms with Crippen LogP contribution >= 0.6 is 0 Å². The van der Waals surface area contributed by atoms with E-state index in [-0.39, 0.29) is 18.7 Å². The van der Waals surface area contributed by atoms with E-state index in [9.17, 15) is 41.1 Å². The highest BCUT2D eigenvalue weighted by atomic mass is 19.4. The first-order chi connectivity index (χ1) is 16.1. The number of hydrogen-bond donors (Lipinski definition) is 2. The number of Topliss-reactive ketones (excluding diaryl/α,β-unsaturated/α-hetero) is 1. The van der Waals surface area contributed by atoms with E-state index in [0.29, 0.717) is 6.42 Å². The van der Waals surface area contributed by atoms with Gasteiger partial charge < -0.3 is 20.0 Å². The molecule has 0 saturated carbocycles. The van der Waals surface area contributed by atoms with Crippen LogP contribution in [0.5, 0.6) is 0 Å². The summed E-state index contributed by atoms with van der Waals surface area (Å²) in [6, 6.07) is -1.54. The SMILES string of the molecule is CC(C)[C@H](NC(=O)c1ccco1)C(=O)N1CCC[C@H]1C(=O)N[C@H](C(=O)C(F)(F)C(F)(F)F)C(C)C. The van der Waals surface area contributed by atoms with E-state index < -0.39 is 65.6 Å². The lowest BCUT2D eigenvalue weighted by atomic mass is 9.95. The van der Waals surface area contributed by atoms with Crippen LogP contribution in [0.3, 0.4) is 0 Å². The first-order valence-electron chi connectivity index (χ1n) is 11.0. The van der Waals surface area contributed by atoms with Gasteiger partial charge in [0.15, 0.2) is 5.76 Å². The van der Waals surface area contributed by atoms with Crippen molar-refractivity contribution in [2.45, 2.75) is 70.8 Å². The quantitative estimate of drug-likeness (QED) is 0.498. The molecule has 1 aromatic heterocycles. The number of ketones is 1. The van der Waals surface area contributed by atoms with Crippen LogP contribution in [-0.4, -0.2) is 65.2 Å². The van der Waals surface area contributed by atoms with Crippen molar-refractivity contribution in [1.29, 1.82) is 0 Å². The average molecular weight is 509 g/mol. The van der Waals surface area contributed by atoms with Crippen LogP contribution < -0.4 is 10.6 Å². The number of nitrogens with zero attached hydrogens (tertiary/aromatic N) is 1. The zero-order valence-electron chi connectivity index (χ0n) is 19.6. The minimum Gasteiger partial charge on any atom is -0.459 e. The summed E-state index contributed by atoms with van der Waals surface area (Å²) in [6.45, 7) is 5.83. The van der Waals surface area contributed by atoms with E-state index in [0.717, 1.165) is 4.90 Å². The second-order valence-electron chi connectivity index (χ2n) is 9.03. The lowest BCUT2D eigenvalue weighted by Crippen LogP contribution is -2.60. The molecule has 0 unspecified atom stereocenters. The van der Waals surface area contributed by atoms with Crippen molar-refractivity contribution < 1.29 is 45.5 Å². The Morgan fingerprint density at radius 3 is 2.09 bits per heavy atom. The predicted molar refractivity (Wildman–Crippen MR) is 112 cm³/mol. The topological polar surface area (TPSA) is 109 Å². The number of halogens is 5. The molecule has 0 aromatic carbocycles. The molecule has 1 aromatic rings. The number of nitrogens with one attached hydrogen (secondary N) is 2. The van der Waals surface area contributed by atoms with E-state index in [4.69, 9.17) is 4.42 Å². The Labute approximate surface area is 198 Å². The maximum Gasteiger partial charge on any atom is 0.461 e. The van der Waals surface area contributed by atoms with Crippen LogP contribution in [0.15, 0.2) is 22.8 Å². The van der Waals surface area contributed by atoms with Gasteiger partial charge in [0, 0.05) is 6.54 Å². The smallest absolute Gasteiger partial charge is 0.459 e. The van der Waals surface area contributed by atoms with Gasteiger partial charge in [-0.2, -0.15) is 22.0 Å². The van der Waals surface area contributed by atoms with Gasteiger partial charge >= 0.3 is 12.1 Å². The molecule has 2 N–H and O–H groups in total. The fourth-order valence-electron chi connectivity index (χ4n) is 3.73. The summed E-state index contributed by atoms with van der Waals surface area (Å²) in [5.41, 5.74) is 0. The van der Waals surface area contributed by atoms with Gasteiger partial charge in [0.25, 0.3) is 5.91 Å². The van der Waals surface area contributed by atoms with Gasteiger partial charge in [0.2, 0.25) is 17.6 Å². The van der Waals surface area contributed by atoms with Crippen LogP contribution in [0.2, 0.25) is 0 Å². The standard InChI is InChI=1S/C22H28F5N3O5/c1-11(2)15(17(31)21(23,24)22(25,26)27)28-18(32)13-7-5-9-30(13)20(34)16(12(3)4)29-19(33)14-8-6-10-35-14/h6,8,10-13,15-16H,5,7,9H2,1-4H3,(H,28,32)(H,29,33)/t13-,15-,16-/m0/s1. The monoisotopic (exact) mass is 509 g/mol. The van der Waals surface area contributed by atoms with Crippen LogP contribution in [0.4, 0.5) is 22.0 Å². The fraction of sp³-hybridized carbons (Fsp3) is 0.636. The third-order valence-corrected chi connectivity index (χ3v) is 5.72. The summed E-state index contributed by atoms with van der Waals surface area (Å²) < 4.78 is 70.4. The van der Waals surface area contributed by atoms with E-state index in [1.54, 1.807) is 13.8 Å². The molecule has 0 bridgehead atoms.